The highest BCUT2D eigenvalue weighted by molar-refractivity contribution is 6.35. The van der Waals surface area contributed by atoms with Crippen molar-refractivity contribution in [1.29, 1.82) is 0 Å². The Hall–Kier alpha value is -2.25. The van der Waals surface area contributed by atoms with E-state index in [1.807, 2.05) is 0 Å². The van der Waals surface area contributed by atoms with Crippen molar-refractivity contribution < 1.29 is 23.5 Å². The highest BCUT2D eigenvalue weighted by Gasteiger charge is 2.14. The molecule has 1 heterocycles. The van der Waals surface area contributed by atoms with Gasteiger partial charge in [-0.25, -0.2) is 4.79 Å². The van der Waals surface area contributed by atoms with E-state index < -0.39 is 5.97 Å². The number of amides is 1. The molecule has 2 rings (SSSR count). The average molecular weight is 387 g/mol. The summed E-state index contributed by atoms with van der Waals surface area (Å²) in [5.41, 5.74) is -0.00198. The van der Waals surface area contributed by atoms with Crippen LogP contribution in [0.1, 0.15) is 30.3 Å². The van der Waals surface area contributed by atoms with Gasteiger partial charge in [0.05, 0.1) is 18.2 Å². The molecule has 1 N–H and O–H groups in total. The summed E-state index contributed by atoms with van der Waals surface area (Å²) in [5.74, 6) is -0.429. The Balaban J connectivity index is 1.73. The first-order valence-corrected chi connectivity index (χ1v) is 8.25. The van der Waals surface area contributed by atoms with Crippen molar-refractivity contribution in [2.45, 2.75) is 19.8 Å². The van der Waals surface area contributed by atoms with E-state index in [0.717, 1.165) is 6.26 Å². The number of carbonyl (C=O) groups excluding carboxylic acids is 2. The lowest BCUT2D eigenvalue weighted by Gasteiger charge is -2.07. The topological polar surface area (TPSA) is 90.7 Å². The first kappa shape index (κ1) is 19.1. The van der Waals surface area contributed by atoms with Crippen LogP contribution in [0.25, 0.3) is 0 Å². The second kappa shape index (κ2) is 9.29. The van der Waals surface area contributed by atoms with E-state index in [2.05, 4.69) is 10.3 Å². The van der Waals surface area contributed by atoms with Gasteiger partial charge in [-0.3, -0.25) is 10.1 Å². The number of carbonyl (C=O) groups is 2. The summed E-state index contributed by atoms with van der Waals surface area (Å²) in [5, 5.41) is 3.38. The number of hydrogen-bond acceptors (Lipinski definition) is 6. The summed E-state index contributed by atoms with van der Waals surface area (Å²) in [7, 11) is 0. The summed E-state index contributed by atoms with van der Waals surface area (Å²) in [4.78, 5) is 27.1. The van der Waals surface area contributed by atoms with Gasteiger partial charge in [0.1, 0.15) is 12.0 Å². The molecule has 0 fully saturated rings. The third kappa shape index (κ3) is 5.95. The van der Waals surface area contributed by atoms with E-state index in [1.54, 1.807) is 25.1 Å². The fraction of sp³-hybridized carbons (Fsp3) is 0.312. The predicted molar refractivity (Wildman–Crippen MR) is 92.3 cm³/mol. The molecule has 0 bridgehead atoms. The minimum absolute atomic E-state index is 0.00198. The molecule has 2 aromatic rings. The lowest BCUT2D eigenvalue weighted by Crippen LogP contribution is -2.13. The number of rotatable bonds is 8. The Bertz CT molecular complexity index is 748. The smallest absolute Gasteiger partial charge is 0.360 e. The second-order valence-electron chi connectivity index (χ2n) is 4.83. The van der Waals surface area contributed by atoms with Gasteiger partial charge < -0.3 is 13.9 Å². The van der Waals surface area contributed by atoms with Crippen molar-refractivity contribution >= 4 is 41.1 Å². The zero-order valence-corrected chi connectivity index (χ0v) is 14.9. The quantitative estimate of drug-likeness (QED) is 0.545. The molecule has 1 amide bonds. The molecular weight excluding hydrogens is 371 g/mol. The summed E-state index contributed by atoms with van der Waals surface area (Å²) >= 11 is 11.8. The van der Waals surface area contributed by atoms with Crippen LogP contribution in [0, 0.1) is 0 Å². The number of nitrogens with zero attached hydrogens (tertiary/aromatic N) is 1. The Morgan fingerprint density at radius 3 is 2.84 bits per heavy atom. The molecular formula is C16H16Cl2N2O5. The van der Waals surface area contributed by atoms with E-state index in [-0.39, 0.29) is 30.6 Å². The van der Waals surface area contributed by atoms with Gasteiger partial charge in [0.25, 0.3) is 0 Å². The molecule has 0 atom stereocenters. The third-order valence-corrected chi connectivity index (χ3v) is 3.47. The monoisotopic (exact) mass is 386 g/mol. The Morgan fingerprint density at radius 2 is 2.12 bits per heavy atom. The highest BCUT2D eigenvalue weighted by atomic mass is 35.5. The maximum Gasteiger partial charge on any atom is 0.360 e. The maximum absolute atomic E-state index is 11.8. The van der Waals surface area contributed by atoms with Crippen molar-refractivity contribution in [1.82, 2.24) is 4.98 Å². The lowest BCUT2D eigenvalue weighted by molar-refractivity contribution is -0.116. The van der Waals surface area contributed by atoms with Gasteiger partial charge in [-0.2, -0.15) is 4.98 Å². The van der Waals surface area contributed by atoms with Crippen LogP contribution in [-0.4, -0.2) is 30.1 Å². The maximum atomic E-state index is 11.8. The number of anilines is 1. The van der Waals surface area contributed by atoms with E-state index in [9.17, 15) is 9.59 Å². The van der Waals surface area contributed by atoms with Gasteiger partial charge in [-0.1, -0.05) is 23.2 Å². The van der Waals surface area contributed by atoms with E-state index in [4.69, 9.17) is 37.1 Å². The molecule has 7 nitrogen and oxygen atoms in total. The second-order valence-corrected chi connectivity index (χ2v) is 5.68. The molecule has 0 aliphatic heterocycles. The number of hydrogen-bond donors (Lipinski definition) is 1. The van der Waals surface area contributed by atoms with Crippen LogP contribution in [0.4, 0.5) is 6.01 Å². The number of nitrogens with one attached hydrogen (secondary N) is 1. The number of aromatic nitrogens is 1. The molecule has 0 saturated heterocycles. The molecule has 0 radical (unpaired) electrons. The number of benzene rings is 1. The van der Waals surface area contributed by atoms with Gasteiger partial charge in [-0.15, -0.1) is 0 Å². The minimum Gasteiger partial charge on any atom is -0.492 e. The van der Waals surface area contributed by atoms with Crippen LogP contribution in [0.3, 0.4) is 0 Å². The van der Waals surface area contributed by atoms with E-state index in [1.165, 1.54) is 0 Å². The molecule has 0 aliphatic carbocycles. The largest absolute Gasteiger partial charge is 0.492 e. The van der Waals surface area contributed by atoms with Crippen molar-refractivity contribution in [3.8, 4) is 5.75 Å². The van der Waals surface area contributed by atoms with Crippen molar-refractivity contribution in [2.75, 3.05) is 18.5 Å². The molecule has 25 heavy (non-hydrogen) atoms. The van der Waals surface area contributed by atoms with Crippen LogP contribution >= 0.6 is 23.2 Å². The Morgan fingerprint density at radius 1 is 1.32 bits per heavy atom. The van der Waals surface area contributed by atoms with Gasteiger partial charge in [0.15, 0.2) is 5.69 Å². The summed E-state index contributed by atoms with van der Waals surface area (Å²) in [6, 6.07) is 4.84. The number of halogens is 2. The van der Waals surface area contributed by atoms with Crippen molar-refractivity contribution in [3.63, 3.8) is 0 Å². The van der Waals surface area contributed by atoms with Gasteiger partial charge in [-0.05, 0) is 31.5 Å². The minimum atomic E-state index is -0.611. The first-order chi connectivity index (χ1) is 12.0. The van der Waals surface area contributed by atoms with Crippen molar-refractivity contribution in [2.24, 2.45) is 0 Å². The van der Waals surface area contributed by atoms with Crippen molar-refractivity contribution in [3.05, 3.63) is 40.2 Å². The molecule has 0 aliphatic rings. The summed E-state index contributed by atoms with van der Waals surface area (Å²) < 4.78 is 15.3. The van der Waals surface area contributed by atoms with E-state index >= 15 is 0 Å². The summed E-state index contributed by atoms with van der Waals surface area (Å²) in [6.07, 6.45) is 1.76. The first-order valence-electron chi connectivity index (χ1n) is 7.50. The molecule has 1 aromatic heterocycles. The predicted octanol–water partition coefficient (Wildman–Crippen LogP) is 3.96. The van der Waals surface area contributed by atoms with Crippen LogP contribution < -0.4 is 10.1 Å². The SMILES string of the molecule is CCOC(=O)c1coc(NC(=O)CCCOc2ccc(Cl)cc2Cl)n1. The van der Waals surface area contributed by atoms with Crippen LogP contribution in [0.15, 0.2) is 28.9 Å². The fourth-order valence-electron chi connectivity index (χ4n) is 1.82. The zero-order chi connectivity index (χ0) is 18.2. The normalized spacial score (nSPS) is 10.4. The summed E-state index contributed by atoms with van der Waals surface area (Å²) in [6.45, 7) is 2.21. The van der Waals surface area contributed by atoms with Gasteiger partial charge in [0, 0.05) is 11.4 Å². The molecule has 0 spiro atoms. The fourth-order valence-corrected chi connectivity index (χ4v) is 2.28. The molecule has 0 saturated carbocycles. The van der Waals surface area contributed by atoms with Crippen LogP contribution in [0.5, 0.6) is 5.75 Å². The lowest BCUT2D eigenvalue weighted by atomic mass is 10.3. The molecule has 0 unspecified atom stereocenters. The number of ether oxygens (including phenoxy) is 2. The average Bonchev–Trinajstić information content (AvgIpc) is 3.02. The number of oxazole rings is 1. The Labute approximate surface area is 154 Å². The standard InChI is InChI=1S/C16H16Cl2N2O5/c1-2-23-15(22)12-9-25-16(19-12)20-14(21)4-3-7-24-13-6-5-10(17)8-11(13)18/h5-6,8-9H,2-4,7H2,1H3,(H,19,20,21). The number of esters is 1. The molecule has 9 heteroatoms. The Kier molecular flexibility index (Phi) is 7.09. The van der Waals surface area contributed by atoms with Gasteiger partial charge in [0.2, 0.25) is 5.91 Å². The molecule has 1 aromatic carbocycles. The molecule has 134 valence electrons. The zero-order valence-electron chi connectivity index (χ0n) is 13.4. The highest BCUT2D eigenvalue weighted by Crippen LogP contribution is 2.27. The third-order valence-electron chi connectivity index (χ3n) is 2.93. The van der Waals surface area contributed by atoms with Crippen LogP contribution in [-0.2, 0) is 9.53 Å². The van der Waals surface area contributed by atoms with Crippen LogP contribution in [0.2, 0.25) is 10.0 Å². The van der Waals surface area contributed by atoms with Gasteiger partial charge >= 0.3 is 12.0 Å². The van der Waals surface area contributed by atoms with E-state index in [0.29, 0.717) is 28.8 Å².